The Morgan fingerprint density at radius 2 is 1.96 bits per heavy atom. The number of likely N-dealkylation sites (tertiary alicyclic amines) is 1. The van der Waals surface area contributed by atoms with Crippen molar-refractivity contribution in [3.8, 4) is 0 Å². The average Bonchev–Trinajstić information content (AvgIpc) is 2.49. The first-order valence-corrected chi connectivity index (χ1v) is 7.80. The van der Waals surface area contributed by atoms with Gasteiger partial charge in [0.15, 0.2) is 5.96 Å². The van der Waals surface area contributed by atoms with Gasteiger partial charge in [0.1, 0.15) is 0 Å². The number of rotatable bonds is 3. The lowest BCUT2D eigenvalue weighted by molar-refractivity contribution is 0.271. The molecule has 128 valence electrons. The molecular formula is C16H27ClN6. The molecule has 1 aromatic carbocycles. The zero-order valence-corrected chi connectivity index (χ0v) is 14.4. The summed E-state index contributed by atoms with van der Waals surface area (Å²) >= 11 is 0. The molecule has 7 heteroatoms. The van der Waals surface area contributed by atoms with Gasteiger partial charge >= 0.3 is 0 Å². The van der Waals surface area contributed by atoms with Crippen LogP contribution in [0.2, 0.25) is 0 Å². The summed E-state index contributed by atoms with van der Waals surface area (Å²) in [6.07, 6.45) is 3.23. The highest BCUT2D eigenvalue weighted by molar-refractivity contribution is 5.94. The lowest BCUT2D eigenvalue weighted by Crippen LogP contribution is -2.44. The van der Waals surface area contributed by atoms with Crippen molar-refractivity contribution < 1.29 is 0 Å². The highest BCUT2D eigenvalue weighted by atomic mass is 35.5. The second kappa shape index (κ2) is 9.37. The minimum Gasteiger partial charge on any atom is -0.369 e. The molecule has 0 aliphatic carbocycles. The number of aliphatic imine (C=N–C) groups is 2. The maximum atomic E-state index is 6.03. The van der Waals surface area contributed by atoms with Gasteiger partial charge in [-0.15, -0.1) is 12.4 Å². The molecule has 1 fully saturated rings. The first kappa shape index (κ1) is 19.3. The number of piperidine rings is 1. The van der Waals surface area contributed by atoms with E-state index in [-0.39, 0.29) is 18.4 Å². The van der Waals surface area contributed by atoms with Crippen LogP contribution >= 0.6 is 12.4 Å². The first-order valence-electron chi connectivity index (χ1n) is 7.80. The number of hydrogen-bond acceptors (Lipinski definition) is 2. The third kappa shape index (κ3) is 6.08. The summed E-state index contributed by atoms with van der Waals surface area (Å²) in [7, 11) is 0. The van der Waals surface area contributed by atoms with E-state index in [0.29, 0.717) is 18.4 Å². The number of halogens is 1. The minimum absolute atomic E-state index is 0. The summed E-state index contributed by atoms with van der Waals surface area (Å²) in [4.78, 5) is 10.6. The fourth-order valence-corrected chi connectivity index (χ4v) is 2.65. The molecule has 1 heterocycles. The highest BCUT2D eigenvalue weighted by Crippen LogP contribution is 2.15. The van der Waals surface area contributed by atoms with Crippen LogP contribution in [0.25, 0.3) is 0 Å². The van der Waals surface area contributed by atoms with Crippen molar-refractivity contribution in [3.05, 3.63) is 29.8 Å². The fraction of sp³-hybridized carbons (Fsp3) is 0.500. The van der Waals surface area contributed by atoms with Crippen LogP contribution in [0.15, 0.2) is 34.3 Å². The minimum atomic E-state index is 0. The summed E-state index contributed by atoms with van der Waals surface area (Å²) in [5.74, 6) is 1.27. The van der Waals surface area contributed by atoms with Crippen LogP contribution in [0, 0.1) is 5.92 Å². The van der Waals surface area contributed by atoms with Crippen LogP contribution in [-0.2, 0) is 6.42 Å². The Kier molecular flexibility index (Phi) is 7.85. The van der Waals surface area contributed by atoms with Gasteiger partial charge in [0.2, 0.25) is 5.96 Å². The SMILES string of the molecule is CC1CCCN(C(N)=NC(N)=Nc2ccc(CCN)cc2)C1.Cl. The molecule has 1 atom stereocenters. The van der Waals surface area contributed by atoms with E-state index in [1.807, 2.05) is 24.3 Å². The topological polar surface area (TPSA) is 106 Å². The molecule has 0 bridgehead atoms. The summed E-state index contributed by atoms with van der Waals surface area (Å²) in [5, 5.41) is 0. The van der Waals surface area contributed by atoms with E-state index in [0.717, 1.165) is 31.6 Å². The van der Waals surface area contributed by atoms with Gasteiger partial charge in [0.05, 0.1) is 5.69 Å². The Morgan fingerprint density at radius 1 is 1.26 bits per heavy atom. The zero-order valence-electron chi connectivity index (χ0n) is 13.6. The predicted octanol–water partition coefficient (Wildman–Crippen LogP) is 1.60. The number of nitrogens with zero attached hydrogens (tertiary/aromatic N) is 3. The van der Waals surface area contributed by atoms with Gasteiger partial charge in [0, 0.05) is 13.1 Å². The molecule has 6 nitrogen and oxygen atoms in total. The zero-order chi connectivity index (χ0) is 15.9. The maximum Gasteiger partial charge on any atom is 0.223 e. The van der Waals surface area contributed by atoms with E-state index in [4.69, 9.17) is 17.2 Å². The Morgan fingerprint density at radius 3 is 2.57 bits per heavy atom. The summed E-state index contributed by atoms with van der Waals surface area (Å²) < 4.78 is 0. The number of guanidine groups is 2. The van der Waals surface area contributed by atoms with Crippen LogP contribution in [0.1, 0.15) is 25.3 Å². The molecule has 2 rings (SSSR count). The molecule has 23 heavy (non-hydrogen) atoms. The van der Waals surface area contributed by atoms with E-state index < -0.39 is 0 Å². The number of hydrogen-bond donors (Lipinski definition) is 3. The van der Waals surface area contributed by atoms with Crippen LogP contribution in [0.5, 0.6) is 0 Å². The van der Waals surface area contributed by atoms with Gasteiger partial charge in [0.25, 0.3) is 0 Å². The molecule has 1 aliphatic rings. The standard InChI is InChI=1S/C16H26N6.ClH/c1-12-3-2-10-22(11-12)16(19)21-15(18)20-14-6-4-13(5-7-14)8-9-17;/h4-7,12H,2-3,8-11,17H2,1H3,(H4,18,19,20,21);1H. The van der Waals surface area contributed by atoms with E-state index in [2.05, 4.69) is 21.8 Å². The van der Waals surface area contributed by atoms with Crippen molar-refractivity contribution >= 4 is 30.0 Å². The molecule has 0 radical (unpaired) electrons. The molecular weight excluding hydrogens is 312 g/mol. The molecule has 1 aliphatic heterocycles. The number of nitrogens with two attached hydrogens (primary N) is 3. The fourth-order valence-electron chi connectivity index (χ4n) is 2.65. The van der Waals surface area contributed by atoms with E-state index in [9.17, 15) is 0 Å². The van der Waals surface area contributed by atoms with Gasteiger partial charge < -0.3 is 22.1 Å². The summed E-state index contributed by atoms with van der Waals surface area (Å²) in [6.45, 7) is 4.72. The van der Waals surface area contributed by atoms with E-state index in [1.165, 1.54) is 12.0 Å². The van der Waals surface area contributed by atoms with Crippen molar-refractivity contribution in [2.75, 3.05) is 19.6 Å². The average molecular weight is 339 g/mol. The van der Waals surface area contributed by atoms with Crippen molar-refractivity contribution in [2.45, 2.75) is 26.2 Å². The van der Waals surface area contributed by atoms with Crippen LogP contribution < -0.4 is 17.2 Å². The van der Waals surface area contributed by atoms with Crippen LogP contribution in [-0.4, -0.2) is 36.5 Å². The normalized spacial score (nSPS) is 19.4. The van der Waals surface area contributed by atoms with Crippen molar-refractivity contribution in [1.82, 2.24) is 4.90 Å². The molecule has 0 aromatic heterocycles. The van der Waals surface area contributed by atoms with Crippen LogP contribution in [0.3, 0.4) is 0 Å². The van der Waals surface area contributed by atoms with E-state index in [1.54, 1.807) is 0 Å². The lowest BCUT2D eigenvalue weighted by Gasteiger charge is -2.31. The summed E-state index contributed by atoms with van der Waals surface area (Å²) in [5.41, 5.74) is 19.4. The maximum absolute atomic E-state index is 6.03. The smallest absolute Gasteiger partial charge is 0.223 e. The molecule has 1 saturated heterocycles. The molecule has 0 amide bonds. The first-order chi connectivity index (χ1) is 10.6. The van der Waals surface area contributed by atoms with Crippen LogP contribution in [0.4, 0.5) is 5.69 Å². The Balaban J connectivity index is 0.00000264. The second-order valence-electron chi connectivity index (χ2n) is 5.84. The monoisotopic (exact) mass is 338 g/mol. The molecule has 6 N–H and O–H groups in total. The Labute approximate surface area is 144 Å². The third-order valence-corrected chi connectivity index (χ3v) is 3.82. The quantitative estimate of drug-likeness (QED) is 0.575. The van der Waals surface area contributed by atoms with Crippen molar-refractivity contribution in [3.63, 3.8) is 0 Å². The third-order valence-electron chi connectivity index (χ3n) is 3.82. The van der Waals surface area contributed by atoms with Crippen molar-refractivity contribution in [2.24, 2.45) is 33.1 Å². The highest BCUT2D eigenvalue weighted by Gasteiger charge is 2.17. The summed E-state index contributed by atoms with van der Waals surface area (Å²) in [6, 6.07) is 7.82. The number of benzene rings is 1. The lowest BCUT2D eigenvalue weighted by atomic mass is 10.0. The predicted molar refractivity (Wildman–Crippen MR) is 99.3 cm³/mol. The largest absolute Gasteiger partial charge is 0.369 e. The molecule has 1 unspecified atom stereocenters. The van der Waals surface area contributed by atoms with Gasteiger partial charge in [-0.25, -0.2) is 4.99 Å². The molecule has 0 saturated carbocycles. The Bertz CT molecular complexity index is 540. The Hall–Kier alpha value is -1.79. The second-order valence-corrected chi connectivity index (χ2v) is 5.84. The van der Waals surface area contributed by atoms with Gasteiger partial charge in [-0.3, -0.25) is 0 Å². The van der Waals surface area contributed by atoms with Gasteiger partial charge in [-0.1, -0.05) is 19.1 Å². The molecule has 1 aromatic rings. The van der Waals surface area contributed by atoms with Gasteiger partial charge in [-0.05, 0) is 49.4 Å². The van der Waals surface area contributed by atoms with E-state index >= 15 is 0 Å². The van der Waals surface area contributed by atoms with Gasteiger partial charge in [-0.2, -0.15) is 4.99 Å². The molecule has 0 spiro atoms. The van der Waals surface area contributed by atoms with Crippen molar-refractivity contribution in [1.29, 1.82) is 0 Å².